The van der Waals surface area contributed by atoms with E-state index in [0.29, 0.717) is 24.1 Å². The molecule has 0 heterocycles. The number of hydrogen-bond acceptors (Lipinski definition) is 3. The van der Waals surface area contributed by atoms with Gasteiger partial charge in [-0.15, -0.1) is 12.4 Å². The maximum Gasteiger partial charge on any atom is 0.317 e. The number of hydrogen-bond donors (Lipinski definition) is 2. The molecule has 1 atom stereocenters. The van der Waals surface area contributed by atoms with Crippen molar-refractivity contribution < 1.29 is 14.6 Å². The molecule has 0 unspecified atom stereocenters. The van der Waals surface area contributed by atoms with Crippen LogP contribution in [0.25, 0.3) is 0 Å². The Morgan fingerprint density at radius 2 is 1.92 bits per heavy atom. The number of ether oxygens (including phenoxy) is 1. The summed E-state index contributed by atoms with van der Waals surface area (Å²) >= 11 is 5.96. The van der Waals surface area contributed by atoms with Crippen LogP contribution in [0.2, 0.25) is 5.02 Å². The number of carbonyl (C=O) groups is 1. The standard InChI is InChI=1S/C19H22ClNO3.ClH/c1-14(11-21-12-19(22)23)9-15-5-7-18(8-6-15)24-13-16-3-2-4-17(20)10-16;/h2-8,10,14,21H,9,11-13H2,1H3,(H,22,23);1H/t14-;/m1./s1. The van der Waals surface area contributed by atoms with Crippen LogP contribution in [0.4, 0.5) is 0 Å². The summed E-state index contributed by atoms with van der Waals surface area (Å²) in [4.78, 5) is 10.5. The maximum atomic E-state index is 10.5. The molecule has 4 nitrogen and oxygen atoms in total. The van der Waals surface area contributed by atoms with E-state index in [2.05, 4.69) is 12.2 Å². The topological polar surface area (TPSA) is 58.6 Å². The molecule has 0 aliphatic rings. The van der Waals surface area contributed by atoms with Crippen LogP contribution in [-0.4, -0.2) is 24.2 Å². The molecular formula is C19H23Cl2NO3. The van der Waals surface area contributed by atoms with Crippen molar-refractivity contribution in [2.75, 3.05) is 13.1 Å². The van der Waals surface area contributed by atoms with Gasteiger partial charge in [0.1, 0.15) is 12.4 Å². The van der Waals surface area contributed by atoms with Gasteiger partial charge < -0.3 is 15.2 Å². The Kier molecular flexibility index (Phi) is 9.35. The van der Waals surface area contributed by atoms with Crippen molar-refractivity contribution in [2.24, 2.45) is 5.92 Å². The van der Waals surface area contributed by atoms with Gasteiger partial charge in [-0.1, -0.05) is 42.8 Å². The van der Waals surface area contributed by atoms with Crippen molar-refractivity contribution in [3.05, 3.63) is 64.7 Å². The first-order chi connectivity index (χ1) is 11.5. The lowest BCUT2D eigenvalue weighted by Gasteiger charge is -2.12. The third kappa shape index (κ3) is 8.25. The zero-order valence-corrected chi connectivity index (χ0v) is 15.6. The predicted molar refractivity (Wildman–Crippen MR) is 103 cm³/mol. The maximum absolute atomic E-state index is 10.5. The average molecular weight is 384 g/mol. The summed E-state index contributed by atoms with van der Waals surface area (Å²) < 4.78 is 5.76. The first-order valence-electron chi connectivity index (χ1n) is 7.91. The number of carboxylic acid groups (broad SMARTS) is 1. The second-order valence-electron chi connectivity index (χ2n) is 5.90. The molecule has 0 amide bonds. The largest absolute Gasteiger partial charge is 0.489 e. The predicted octanol–water partition coefficient (Wildman–Crippen LogP) is 4.19. The van der Waals surface area contributed by atoms with E-state index in [-0.39, 0.29) is 19.0 Å². The number of carboxylic acids is 1. The van der Waals surface area contributed by atoms with Gasteiger partial charge in [0.2, 0.25) is 0 Å². The molecule has 0 saturated heterocycles. The van der Waals surface area contributed by atoms with E-state index in [9.17, 15) is 4.79 Å². The van der Waals surface area contributed by atoms with E-state index >= 15 is 0 Å². The van der Waals surface area contributed by atoms with Crippen molar-refractivity contribution >= 4 is 30.0 Å². The molecule has 25 heavy (non-hydrogen) atoms. The number of rotatable bonds is 9. The van der Waals surface area contributed by atoms with E-state index in [0.717, 1.165) is 17.7 Å². The molecule has 2 N–H and O–H groups in total. The van der Waals surface area contributed by atoms with Crippen LogP contribution in [0.15, 0.2) is 48.5 Å². The summed E-state index contributed by atoms with van der Waals surface area (Å²) in [7, 11) is 0. The van der Waals surface area contributed by atoms with Crippen LogP contribution in [0.1, 0.15) is 18.1 Å². The van der Waals surface area contributed by atoms with Gasteiger partial charge >= 0.3 is 5.97 Å². The molecule has 136 valence electrons. The van der Waals surface area contributed by atoms with Crippen LogP contribution >= 0.6 is 24.0 Å². The van der Waals surface area contributed by atoms with Gasteiger partial charge in [0.05, 0.1) is 6.54 Å². The lowest BCUT2D eigenvalue weighted by molar-refractivity contribution is -0.135. The Bertz CT molecular complexity index is 662. The fraction of sp³-hybridized carbons (Fsp3) is 0.316. The van der Waals surface area contributed by atoms with Crippen molar-refractivity contribution in [1.29, 1.82) is 0 Å². The number of halogens is 2. The van der Waals surface area contributed by atoms with Gasteiger partial charge in [0.15, 0.2) is 0 Å². The molecule has 0 aromatic heterocycles. The van der Waals surface area contributed by atoms with Gasteiger partial charge in [0.25, 0.3) is 0 Å². The fourth-order valence-electron chi connectivity index (χ4n) is 2.42. The highest BCUT2D eigenvalue weighted by Gasteiger charge is 2.05. The molecule has 0 aliphatic heterocycles. The SMILES string of the molecule is C[C@@H](CNCC(=O)O)Cc1ccc(OCc2cccc(Cl)c2)cc1.Cl. The highest BCUT2D eigenvalue weighted by atomic mass is 35.5. The third-order valence-corrected chi connectivity index (χ3v) is 3.81. The Morgan fingerprint density at radius 1 is 1.20 bits per heavy atom. The highest BCUT2D eigenvalue weighted by Crippen LogP contribution is 2.17. The summed E-state index contributed by atoms with van der Waals surface area (Å²) in [6.45, 7) is 3.26. The van der Waals surface area contributed by atoms with E-state index in [1.807, 2.05) is 48.5 Å². The lowest BCUT2D eigenvalue weighted by atomic mass is 10.0. The van der Waals surface area contributed by atoms with Gasteiger partial charge in [0, 0.05) is 5.02 Å². The van der Waals surface area contributed by atoms with E-state index in [4.69, 9.17) is 21.4 Å². The fourth-order valence-corrected chi connectivity index (χ4v) is 2.63. The van der Waals surface area contributed by atoms with Gasteiger partial charge in [-0.05, 0) is 54.3 Å². The first-order valence-corrected chi connectivity index (χ1v) is 8.29. The lowest BCUT2D eigenvalue weighted by Crippen LogP contribution is -2.27. The molecular weight excluding hydrogens is 361 g/mol. The quantitative estimate of drug-likeness (QED) is 0.681. The van der Waals surface area contributed by atoms with Crippen molar-refractivity contribution in [2.45, 2.75) is 20.0 Å². The molecule has 2 rings (SSSR count). The van der Waals surface area contributed by atoms with Crippen LogP contribution in [0.3, 0.4) is 0 Å². The van der Waals surface area contributed by atoms with E-state index < -0.39 is 5.97 Å². The van der Waals surface area contributed by atoms with Crippen LogP contribution in [-0.2, 0) is 17.8 Å². The molecule has 6 heteroatoms. The number of benzene rings is 2. The van der Waals surface area contributed by atoms with Gasteiger partial charge in [-0.25, -0.2) is 0 Å². The molecule has 0 bridgehead atoms. The summed E-state index contributed by atoms with van der Waals surface area (Å²) in [5, 5.41) is 12.2. The second-order valence-corrected chi connectivity index (χ2v) is 6.33. The smallest absolute Gasteiger partial charge is 0.317 e. The zero-order valence-electron chi connectivity index (χ0n) is 14.1. The molecule has 0 fully saturated rings. The molecule has 2 aromatic rings. The number of aliphatic carboxylic acids is 1. The van der Waals surface area contributed by atoms with E-state index in [1.54, 1.807) is 0 Å². The summed E-state index contributed by atoms with van der Waals surface area (Å²) in [6, 6.07) is 15.6. The Balaban J connectivity index is 0.00000312. The Labute approximate surface area is 159 Å². The van der Waals surface area contributed by atoms with Crippen molar-refractivity contribution in [1.82, 2.24) is 5.32 Å². The van der Waals surface area contributed by atoms with E-state index in [1.165, 1.54) is 5.56 Å². The van der Waals surface area contributed by atoms with Crippen molar-refractivity contribution in [3.8, 4) is 5.75 Å². The monoisotopic (exact) mass is 383 g/mol. The molecule has 0 aliphatic carbocycles. The summed E-state index contributed by atoms with van der Waals surface area (Å²) in [6.07, 6.45) is 0.890. The van der Waals surface area contributed by atoms with Gasteiger partial charge in [-0.3, -0.25) is 4.79 Å². The molecule has 2 aromatic carbocycles. The second kappa shape index (κ2) is 11.0. The minimum atomic E-state index is -0.830. The highest BCUT2D eigenvalue weighted by molar-refractivity contribution is 6.30. The summed E-state index contributed by atoms with van der Waals surface area (Å²) in [5.41, 5.74) is 2.24. The summed E-state index contributed by atoms with van der Waals surface area (Å²) in [5.74, 6) is 0.348. The number of nitrogens with one attached hydrogen (secondary N) is 1. The van der Waals surface area contributed by atoms with Crippen LogP contribution in [0, 0.1) is 5.92 Å². The molecule has 0 spiro atoms. The molecule has 0 saturated carbocycles. The minimum absolute atomic E-state index is 0. The van der Waals surface area contributed by atoms with Crippen molar-refractivity contribution in [3.63, 3.8) is 0 Å². The van der Waals surface area contributed by atoms with Crippen LogP contribution < -0.4 is 10.1 Å². The normalized spacial score (nSPS) is 11.4. The minimum Gasteiger partial charge on any atom is -0.489 e. The Hall–Kier alpha value is -1.75. The van der Waals surface area contributed by atoms with Crippen LogP contribution in [0.5, 0.6) is 5.75 Å². The van der Waals surface area contributed by atoms with Gasteiger partial charge in [-0.2, -0.15) is 0 Å². The molecule has 0 radical (unpaired) electrons. The average Bonchev–Trinajstić information content (AvgIpc) is 2.54. The Morgan fingerprint density at radius 3 is 2.56 bits per heavy atom. The zero-order chi connectivity index (χ0) is 17.4. The third-order valence-electron chi connectivity index (χ3n) is 3.57. The first kappa shape index (κ1) is 21.3.